The first-order chi connectivity index (χ1) is 8.83. The van der Waals surface area contributed by atoms with Gasteiger partial charge in [-0.1, -0.05) is 25.4 Å². The van der Waals surface area contributed by atoms with Crippen LogP contribution < -0.4 is 10.5 Å². The average Bonchev–Trinajstić information content (AvgIpc) is 2.27. The van der Waals surface area contributed by atoms with Crippen LogP contribution in [0.5, 0.6) is 0 Å². The van der Waals surface area contributed by atoms with E-state index >= 15 is 0 Å². The molecule has 1 aromatic rings. The zero-order valence-electron chi connectivity index (χ0n) is 11.0. The Bertz CT molecular complexity index is 518. The van der Waals surface area contributed by atoms with E-state index in [1.807, 2.05) is 13.8 Å². The molecular weight excluding hydrogens is 288 g/mol. The third-order valence-electron chi connectivity index (χ3n) is 2.24. The smallest absolute Gasteiger partial charge is 0.242 e. The van der Waals surface area contributed by atoms with E-state index in [-0.39, 0.29) is 16.5 Å². The summed E-state index contributed by atoms with van der Waals surface area (Å²) in [6.45, 7) is 5.18. The van der Waals surface area contributed by atoms with Gasteiger partial charge in [0.15, 0.2) is 0 Å². The average molecular weight is 307 g/mol. The van der Waals surface area contributed by atoms with Crippen molar-refractivity contribution in [2.75, 3.05) is 25.5 Å². The lowest BCUT2D eigenvalue weighted by molar-refractivity contribution is 0.114. The summed E-state index contributed by atoms with van der Waals surface area (Å²) in [6.07, 6.45) is 0. The van der Waals surface area contributed by atoms with Gasteiger partial charge in [0.25, 0.3) is 0 Å². The van der Waals surface area contributed by atoms with E-state index in [9.17, 15) is 8.42 Å². The molecule has 0 bridgehead atoms. The number of hydrogen-bond acceptors (Lipinski definition) is 4. The maximum Gasteiger partial charge on any atom is 0.242 e. The predicted molar refractivity (Wildman–Crippen MR) is 76.7 cm³/mol. The number of ether oxygens (including phenoxy) is 1. The highest BCUT2D eigenvalue weighted by atomic mass is 35.5. The minimum absolute atomic E-state index is 0.0206. The zero-order chi connectivity index (χ0) is 14.5. The van der Waals surface area contributed by atoms with Crippen molar-refractivity contribution in [3.63, 3.8) is 0 Å². The maximum atomic E-state index is 12.0. The summed E-state index contributed by atoms with van der Waals surface area (Å²) in [7, 11) is -3.63. The highest BCUT2D eigenvalue weighted by molar-refractivity contribution is 7.89. The molecule has 0 unspecified atom stereocenters. The van der Waals surface area contributed by atoms with E-state index in [1.54, 1.807) is 0 Å². The second-order valence-electron chi connectivity index (χ2n) is 4.56. The van der Waals surface area contributed by atoms with Crippen molar-refractivity contribution in [1.82, 2.24) is 4.72 Å². The third-order valence-corrected chi connectivity index (χ3v) is 4.18. The molecule has 0 atom stereocenters. The number of benzene rings is 1. The molecule has 1 rings (SSSR count). The van der Waals surface area contributed by atoms with Crippen LogP contribution in [0.25, 0.3) is 0 Å². The van der Waals surface area contributed by atoms with Crippen molar-refractivity contribution in [3.05, 3.63) is 23.2 Å². The van der Waals surface area contributed by atoms with Gasteiger partial charge in [-0.2, -0.15) is 0 Å². The SMILES string of the molecule is CC(C)COCCNS(=O)(=O)c1ccc(N)cc1Cl. The summed E-state index contributed by atoms with van der Waals surface area (Å²) in [5, 5.41) is 0.107. The molecule has 19 heavy (non-hydrogen) atoms. The molecule has 0 aromatic heterocycles. The van der Waals surface area contributed by atoms with Crippen LogP contribution in [0.1, 0.15) is 13.8 Å². The summed E-state index contributed by atoms with van der Waals surface area (Å²) in [4.78, 5) is 0.0206. The van der Waals surface area contributed by atoms with E-state index in [1.165, 1.54) is 18.2 Å². The predicted octanol–water partition coefficient (Wildman–Crippen LogP) is 1.87. The van der Waals surface area contributed by atoms with Crippen molar-refractivity contribution in [3.8, 4) is 0 Å². The Labute approximate surface area is 119 Å². The molecule has 1 aromatic carbocycles. The lowest BCUT2D eigenvalue weighted by Crippen LogP contribution is -2.28. The molecule has 0 saturated heterocycles. The Morgan fingerprint density at radius 1 is 1.42 bits per heavy atom. The van der Waals surface area contributed by atoms with Gasteiger partial charge < -0.3 is 10.5 Å². The number of anilines is 1. The second-order valence-corrected chi connectivity index (χ2v) is 6.70. The lowest BCUT2D eigenvalue weighted by Gasteiger charge is -2.10. The summed E-state index contributed by atoms with van der Waals surface area (Å²) < 4.78 is 31.7. The largest absolute Gasteiger partial charge is 0.399 e. The summed E-state index contributed by atoms with van der Waals surface area (Å²) in [5.41, 5.74) is 5.94. The van der Waals surface area contributed by atoms with Crippen LogP contribution in [-0.2, 0) is 14.8 Å². The molecule has 0 saturated carbocycles. The molecule has 0 aliphatic rings. The van der Waals surface area contributed by atoms with Crippen LogP contribution in [0.2, 0.25) is 5.02 Å². The fourth-order valence-electron chi connectivity index (χ4n) is 1.38. The van der Waals surface area contributed by atoms with Gasteiger partial charge in [-0.3, -0.25) is 0 Å². The topological polar surface area (TPSA) is 81.4 Å². The molecule has 5 nitrogen and oxygen atoms in total. The minimum atomic E-state index is -3.63. The number of hydrogen-bond donors (Lipinski definition) is 2. The molecule has 3 N–H and O–H groups in total. The van der Waals surface area contributed by atoms with Crippen molar-refractivity contribution < 1.29 is 13.2 Å². The Balaban J connectivity index is 2.56. The normalized spacial score (nSPS) is 12.0. The molecule has 0 amide bonds. The molecule has 0 fully saturated rings. The van der Waals surface area contributed by atoms with Gasteiger partial charge in [-0.15, -0.1) is 0 Å². The summed E-state index contributed by atoms with van der Waals surface area (Å²) >= 11 is 5.87. The van der Waals surface area contributed by atoms with E-state index in [0.717, 1.165) is 0 Å². The van der Waals surface area contributed by atoms with E-state index in [2.05, 4.69) is 4.72 Å². The number of sulfonamides is 1. The quantitative estimate of drug-likeness (QED) is 0.595. The van der Waals surface area contributed by atoms with Gasteiger partial charge in [-0.05, 0) is 24.1 Å². The van der Waals surface area contributed by atoms with Gasteiger partial charge >= 0.3 is 0 Å². The highest BCUT2D eigenvalue weighted by Crippen LogP contribution is 2.23. The van der Waals surface area contributed by atoms with Crippen LogP contribution in [0, 0.1) is 5.92 Å². The number of nitrogens with one attached hydrogen (secondary N) is 1. The van der Waals surface area contributed by atoms with Crippen molar-refractivity contribution in [2.24, 2.45) is 5.92 Å². The molecule has 0 heterocycles. The first kappa shape index (κ1) is 16.2. The highest BCUT2D eigenvalue weighted by Gasteiger charge is 2.17. The molecule has 108 valence electrons. The Morgan fingerprint density at radius 3 is 2.68 bits per heavy atom. The van der Waals surface area contributed by atoms with Crippen LogP contribution in [0.15, 0.2) is 23.1 Å². The Morgan fingerprint density at radius 2 is 2.11 bits per heavy atom. The molecular formula is C12H19ClN2O3S. The van der Waals surface area contributed by atoms with Crippen LogP contribution in [0.4, 0.5) is 5.69 Å². The molecule has 0 radical (unpaired) electrons. The third kappa shape index (κ3) is 5.36. The summed E-state index contributed by atoms with van der Waals surface area (Å²) in [5.74, 6) is 0.420. The van der Waals surface area contributed by atoms with Gasteiger partial charge in [0.1, 0.15) is 4.90 Å². The van der Waals surface area contributed by atoms with Crippen molar-refractivity contribution >= 4 is 27.3 Å². The zero-order valence-corrected chi connectivity index (χ0v) is 12.6. The van der Waals surface area contributed by atoms with Crippen molar-refractivity contribution in [1.29, 1.82) is 0 Å². The van der Waals surface area contributed by atoms with E-state index in [0.29, 0.717) is 24.8 Å². The van der Waals surface area contributed by atoms with Crippen LogP contribution >= 0.6 is 11.6 Å². The lowest BCUT2D eigenvalue weighted by atomic mass is 10.2. The van der Waals surface area contributed by atoms with Gasteiger partial charge in [0, 0.05) is 18.8 Å². The fraction of sp³-hybridized carbons (Fsp3) is 0.500. The first-order valence-corrected chi connectivity index (χ1v) is 7.81. The van der Waals surface area contributed by atoms with Crippen LogP contribution in [0.3, 0.4) is 0 Å². The Kier molecular flexibility index (Phi) is 6.06. The monoisotopic (exact) mass is 306 g/mol. The molecule has 0 spiro atoms. The van der Waals surface area contributed by atoms with E-state index in [4.69, 9.17) is 22.1 Å². The van der Waals surface area contributed by atoms with Gasteiger partial charge in [-0.25, -0.2) is 13.1 Å². The number of halogens is 1. The maximum absolute atomic E-state index is 12.0. The molecule has 0 aliphatic carbocycles. The van der Waals surface area contributed by atoms with Crippen LogP contribution in [-0.4, -0.2) is 28.2 Å². The van der Waals surface area contributed by atoms with Gasteiger partial charge in [0.2, 0.25) is 10.0 Å². The standard InChI is InChI=1S/C12H19ClN2O3S/c1-9(2)8-18-6-5-15-19(16,17)12-4-3-10(14)7-11(12)13/h3-4,7,9,15H,5-6,8,14H2,1-2H3. The Hall–Kier alpha value is -0.820. The second kappa shape index (κ2) is 7.09. The minimum Gasteiger partial charge on any atom is -0.399 e. The van der Waals surface area contributed by atoms with E-state index < -0.39 is 10.0 Å². The first-order valence-electron chi connectivity index (χ1n) is 5.95. The molecule has 7 heteroatoms. The summed E-state index contributed by atoms with van der Waals surface area (Å²) in [6, 6.07) is 4.29. The number of nitrogen functional groups attached to an aromatic ring is 1. The molecule has 0 aliphatic heterocycles. The fourth-order valence-corrected chi connectivity index (χ4v) is 2.94. The van der Waals surface area contributed by atoms with Gasteiger partial charge in [0.05, 0.1) is 11.6 Å². The number of rotatable bonds is 7. The van der Waals surface area contributed by atoms with Crippen molar-refractivity contribution in [2.45, 2.75) is 18.7 Å². The number of nitrogens with two attached hydrogens (primary N) is 1.